The van der Waals surface area contributed by atoms with Gasteiger partial charge in [-0.25, -0.2) is 0 Å². The van der Waals surface area contributed by atoms with E-state index in [1.807, 2.05) is 24.6 Å². The van der Waals surface area contributed by atoms with Crippen LogP contribution in [0.4, 0.5) is 5.82 Å². The van der Waals surface area contributed by atoms with E-state index in [9.17, 15) is 4.79 Å². The van der Waals surface area contributed by atoms with Crippen molar-refractivity contribution in [1.82, 2.24) is 15.1 Å². The lowest BCUT2D eigenvalue weighted by Gasteiger charge is -2.24. The number of nitrogens with zero attached hydrogens (tertiary/aromatic N) is 2. The van der Waals surface area contributed by atoms with Gasteiger partial charge < -0.3 is 20.5 Å². The quantitative estimate of drug-likeness (QED) is 0.824. The first-order valence-electron chi connectivity index (χ1n) is 7.89. The van der Waals surface area contributed by atoms with Gasteiger partial charge in [-0.1, -0.05) is 0 Å². The molecule has 0 aromatic carbocycles. The van der Waals surface area contributed by atoms with Crippen LogP contribution in [-0.4, -0.2) is 42.1 Å². The molecular formula is C16H30N4O3. The number of amides is 1. The predicted molar refractivity (Wildman–Crippen MR) is 90.1 cm³/mol. The van der Waals surface area contributed by atoms with Crippen molar-refractivity contribution in [2.45, 2.75) is 64.8 Å². The molecule has 1 saturated heterocycles. The highest BCUT2D eigenvalue weighted by molar-refractivity contribution is 5.46. The molecule has 3 N–H and O–H groups in total. The first kappa shape index (κ1) is 19.4. The molecule has 1 aliphatic heterocycles. The fourth-order valence-corrected chi connectivity index (χ4v) is 2.29. The normalized spacial score (nSPS) is 21.0. The van der Waals surface area contributed by atoms with Crippen molar-refractivity contribution in [2.75, 3.05) is 19.5 Å². The Balaban J connectivity index is 0.000000379. The van der Waals surface area contributed by atoms with Crippen LogP contribution >= 0.6 is 0 Å². The maximum absolute atomic E-state index is 9.50. The summed E-state index contributed by atoms with van der Waals surface area (Å²) in [7, 11) is 1.71. The predicted octanol–water partition coefficient (Wildman–Crippen LogP) is 1.84. The second kappa shape index (κ2) is 8.31. The Morgan fingerprint density at radius 2 is 2.17 bits per heavy atom. The number of methoxy groups -OCH3 is 1. The molecule has 1 fully saturated rings. The van der Waals surface area contributed by atoms with Gasteiger partial charge in [0.05, 0.1) is 23.9 Å². The van der Waals surface area contributed by atoms with E-state index in [1.165, 1.54) is 0 Å². The van der Waals surface area contributed by atoms with E-state index < -0.39 is 0 Å². The van der Waals surface area contributed by atoms with Gasteiger partial charge in [-0.2, -0.15) is 5.10 Å². The SMILES string of the molecule is CC(C)NC=O.COC1COC(c2cc(N)nn2C(C)(C)C)C1. The molecule has 7 heteroatoms. The molecule has 7 nitrogen and oxygen atoms in total. The summed E-state index contributed by atoms with van der Waals surface area (Å²) < 4.78 is 13.0. The van der Waals surface area contributed by atoms with Gasteiger partial charge in [0.2, 0.25) is 6.41 Å². The average Bonchev–Trinajstić information content (AvgIpc) is 3.04. The lowest BCUT2D eigenvalue weighted by molar-refractivity contribution is -0.109. The molecule has 1 aromatic heterocycles. The molecule has 1 aromatic rings. The van der Waals surface area contributed by atoms with Gasteiger partial charge in [0.25, 0.3) is 0 Å². The Morgan fingerprint density at radius 1 is 1.52 bits per heavy atom. The summed E-state index contributed by atoms with van der Waals surface area (Å²) in [4.78, 5) is 9.50. The number of anilines is 1. The fourth-order valence-electron chi connectivity index (χ4n) is 2.29. The van der Waals surface area contributed by atoms with Crippen molar-refractivity contribution in [2.24, 2.45) is 0 Å². The van der Waals surface area contributed by atoms with E-state index in [2.05, 4.69) is 31.2 Å². The minimum Gasteiger partial charge on any atom is -0.382 e. The molecule has 0 spiro atoms. The number of hydrogen-bond donors (Lipinski definition) is 2. The third-order valence-electron chi connectivity index (χ3n) is 3.42. The molecule has 2 atom stereocenters. The molecule has 0 bridgehead atoms. The zero-order valence-electron chi connectivity index (χ0n) is 15.0. The summed E-state index contributed by atoms with van der Waals surface area (Å²) in [6.45, 7) is 10.8. The third-order valence-corrected chi connectivity index (χ3v) is 3.42. The second-order valence-electron chi connectivity index (χ2n) is 6.93. The number of nitrogens with one attached hydrogen (secondary N) is 1. The summed E-state index contributed by atoms with van der Waals surface area (Å²) in [5.41, 5.74) is 6.73. The van der Waals surface area contributed by atoms with Crippen molar-refractivity contribution >= 4 is 12.2 Å². The van der Waals surface area contributed by atoms with Crippen molar-refractivity contribution in [3.05, 3.63) is 11.8 Å². The van der Waals surface area contributed by atoms with Crippen LogP contribution in [0.3, 0.4) is 0 Å². The highest BCUT2D eigenvalue weighted by Gasteiger charge is 2.31. The summed E-state index contributed by atoms with van der Waals surface area (Å²) in [5.74, 6) is 0.541. The number of hydrogen-bond acceptors (Lipinski definition) is 5. The van der Waals surface area contributed by atoms with Gasteiger partial charge in [-0.05, 0) is 34.6 Å². The average molecular weight is 326 g/mol. The number of nitrogen functional groups attached to an aromatic ring is 1. The highest BCUT2D eigenvalue weighted by Crippen LogP contribution is 2.33. The van der Waals surface area contributed by atoms with Gasteiger partial charge >= 0.3 is 0 Å². The van der Waals surface area contributed by atoms with Gasteiger partial charge in [-0.3, -0.25) is 9.48 Å². The van der Waals surface area contributed by atoms with Crippen LogP contribution in [-0.2, 0) is 19.8 Å². The molecular weight excluding hydrogens is 296 g/mol. The van der Waals surface area contributed by atoms with Crippen LogP contribution in [0, 0.1) is 0 Å². The van der Waals surface area contributed by atoms with E-state index >= 15 is 0 Å². The Hall–Kier alpha value is -1.60. The molecule has 2 unspecified atom stereocenters. The topological polar surface area (TPSA) is 91.4 Å². The Bertz CT molecular complexity index is 494. The molecule has 23 heavy (non-hydrogen) atoms. The van der Waals surface area contributed by atoms with E-state index in [0.717, 1.165) is 12.1 Å². The zero-order chi connectivity index (χ0) is 17.6. The summed E-state index contributed by atoms with van der Waals surface area (Å²) in [6.07, 6.45) is 1.76. The molecule has 132 valence electrons. The van der Waals surface area contributed by atoms with E-state index in [1.54, 1.807) is 7.11 Å². The molecule has 1 aliphatic rings. The molecule has 1 amide bonds. The minimum atomic E-state index is -0.0958. The lowest BCUT2D eigenvalue weighted by Crippen LogP contribution is -2.26. The Kier molecular flexibility index (Phi) is 7.02. The van der Waals surface area contributed by atoms with Gasteiger partial charge in [0, 0.05) is 25.6 Å². The number of nitrogens with two attached hydrogens (primary N) is 1. The highest BCUT2D eigenvalue weighted by atomic mass is 16.5. The molecule has 0 aliphatic carbocycles. The van der Waals surface area contributed by atoms with Crippen molar-refractivity contribution in [1.29, 1.82) is 0 Å². The molecule has 2 rings (SSSR count). The van der Waals surface area contributed by atoms with Crippen molar-refractivity contribution in [3.8, 4) is 0 Å². The first-order chi connectivity index (χ1) is 10.7. The van der Waals surface area contributed by atoms with Crippen LogP contribution in [0.2, 0.25) is 0 Å². The summed E-state index contributed by atoms with van der Waals surface area (Å²) in [6, 6.07) is 2.18. The Labute approximate surface area is 138 Å². The fraction of sp³-hybridized carbons (Fsp3) is 0.750. The number of rotatable bonds is 4. The standard InChI is InChI=1S/C12H21N3O2.C4H9NO/c1-12(2,3)15-9(6-11(13)14-15)10-5-8(16-4)7-17-10;1-4(2)5-3-6/h6,8,10H,5,7H2,1-4H3,(H2,13,14);3-4H,1-2H3,(H,5,6). The van der Waals surface area contributed by atoms with Crippen LogP contribution in [0.25, 0.3) is 0 Å². The number of carbonyl (C=O) groups excluding carboxylic acids is 1. The van der Waals surface area contributed by atoms with E-state index in [-0.39, 0.29) is 23.8 Å². The van der Waals surface area contributed by atoms with Gasteiger partial charge in [0.1, 0.15) is 11.9 Å². The minimum absolute atomic E-state index is 0.0315. The van der Waals surface area contributed by atoms with Crippen LogP contribution < -0.4 is 11.1 Å². The van der Waals surface area contributed by atoms with Crippen LogP contribution in [0.1, 0.15) is 52.8 Å². The maximum Gasteiger partial charge on any atom is 0.207 e. The van der Waals surface area contributed by atoms with Gasteiger partial charge in [-0.15, -0.1) is 0 Å². The molecule has 0 radical (unpaired) electrons. The number of ether oxygens (including phenoxy) is 2. The third kappa shape index (κ3) is 5.84. The lowest BCUT2D eigenvalue weighted by atomic mass is 10.1. The molecule has 2 heterocycles. The van der Waals surface area contributed by atoms with Crippen LogP contribution in [0.5, 0.6) is 0 Å². The van der Waals surface area contributed by atoms with E-state index in [4.69, 9.17) is 15.2 Å². The summed E-state index contributed by atoms with van der Waals surface area (Å²) >= 11 is 0. The first-order valence-corrected chi connectivity index (χ1v) is 7.89. The molecule has 0 saturated carbocycles. The Morgan fingerprint density at radius 3 is 2.57 bits per heavy atom. The van der Waals surface area contributed by atoms with Crippen LogP contribution in [0.15, 0.2) is 6.07 Å². The second-order valence-corrected chi connectivity index (χ2v) is 6.93. The number of carbonyl (C=O) groups is 1. The maximum atomic E-state index is 9.50. The van der Waals surface area contributed by atoms with Crippen molar-refractivity contribution < 1.29 is 14.3 Å². The largest absolute Gasteiger partial charge is 0.382 e. The number of aromatic nitrogens is 2. The smallest absolute Gasteiger partial charge is 0.207 e. The summed E-state index contributed by atoms with van der Waals surface area (Å²) in [5, 5.41) is 6.88. The monoisotopic (exact) mass is 326 g/mol. The zero-order valence-corrected chi connectivity index (χ0v) is 15.0. The van der Waals surface area contributed by atoms with Gasteiger partial charge in [0.15, 0.2) is 0 Å². The van der Waals surface area contributed by atoms with E-state index in [0.29, 0.717) is 18.8 Å². The van der Waals surface area contributed by atoms with Crippen molar-refractivity contribution in [3.63, 3.8) is 0 Å².